The standard InChI is InChI=1S/C16H20ClN3O/c1-11-12(2)20-16(21-13-7-4-3-5-8-13)15(14(11)18)19-10-6-9-17/h3-5,7-8,19H,6,9-10H2,1-2H3,(H2,18,20). The molecule has 0 spiro atoms. The predicted octanol–water partition coefficient (Wildman–Crippen LogP) is 4.11. The largest absolute Gasteiger partial charge is 0.437 e. The molecule has 1 aromatic carbocycles. The van der Waals surface area contributed by atoms with Crippen LogP contribution in [0.5, 0.6) is 11.6 Å². The molecule has 21 heavy (non-hydrogen) atoms. The van der Waals surface area contributed by atoms with Crippen molar-refractivity contribution in [3.05, 3.63) is 41.6 Å². The van der Waals surface area contributed by atoms with E-state index in [1.807, 2.05) is 44.2 Å². The quantitative estimate of drug-likeness (QED) is 0.623. The molecule has 0 saturated carbocycles. The number of anilines is 2. The third kappa shape index (κ3) is 3.79. The van der Waals surface area contributed by atoms with Gasteiger partial charge in [0.15, 0.2) is 0 Å². The molecule has 0 aliphatic heterocycles. The number of nitrogens with one attached hydrogen (secondary N) is 1. The highest BCUT2D eigenvalue weighted by Gasteiger charge is 2.15. The zero-order valence-corrected chi connectivity index (χ0v) is 13.1. The fourth-order valence-corrected chi connectivity index (χ4v) is 2.05. The summed E-state index contributed by atoms with van der Waals surface area (Å²) in [5, 5.41) is 3.27. The number of rotatable bonds is 6. The normalized spacial score (nSPS) is 10.4. The Morgan fingerprint density at radius 2 is 1.95 bits per heavy atom. The number of nitrogens with two attached hydrogens (primary N) is 1. The van der Waals surface area contributed by atoms with Gasteiger partial charge in [0.25, 0.3) is 0 Å². The van der Waals surface area contributed by atoms with Crippen LogP contribution in [0, 0.1) is 13.8 Å². The summed E-state index contributed by atoms with van der Waals surface area (Å²) in [5.74, 6) is 1.82. The molecule has 2 rings (SSSR count). The molecule has 0 aliphatic rings. The van der Waals surface area contributed by atoms with Crippen LogP contribution in [0.3, 0.4) is 0 Å². The maximum absolute atomic E-state index is 6.20. The number of aryl methyl sites for hydroxylation is 1. The number of pyridine rings is 1. The molecule has 2 aromatic rings. The molecule has 0 unspecified atom stereocenters. The highest BCUT2D eigenvalue weighted by molar-refractivity contribution is 6.17. The van der Waals surface area contributed by atoms with E-state index in [2.05, 4.69) is 10.3 Å². The van der Waals surface area contributed by atoms with Crippen molar-refractivity contribution in [1.29, 1.82) is 0 Å². The van der Waals surface area contributed by atoms with E-state index < -0.39 is 0 Å². The van der Waals surface area contributed by atoms with Crippen molar-refractivity contribution >= 4 is 23.0 Å². The van der Waals surface area contributed by atoms with E-state index in [0.717, 1.165) is 35.7 Å². The van der Waals surface area contributed by atoms with Gasteiger partial charge in [0, 0.05) is 18.1 Å². The van der Waals surface area contributed by atoms with E-state index in [-0.39, 0.29) is 0 Å². The summed E-state index contributed by atoms with van der Waals surface area (Å²) < 4.78 is 5.87. The van der Waals surface area contributed by atoms with E-state index in [1.54, 1.807) is 0 Å². The van der Waals surface area contributed by atoms with Crippen LogP contribution in [-0.4, -0.2) is 17.4 Å². The molecular weight excluding hydrogens is 286 g/mol. The van der Waals surface area contributed by atoms with Gasteiger partial charge in [0.2, 0.25) is 5.88 Å². The number of para-hydroxylation sites is 1. The van der Waals surface area contributed by atoms with Gasteiger partial charge >= 0.3 is 0 Å². The van der Waals surface area contributed by atoms with Crippen LogP contribution in [-0.2, 0) is 0 Å². The average molecular weight is 306 g/mol. The second-order valence-electron chi connectivity index (χ2n) is 4.80. The first kappa shape index (κ1) is 15.4. The van der Waals surface area contributed by atoms with Gasteiger partial charge < -0.3 is 15.8 Å². The SMILES string of the molecule is Cc1nc(Oc2ccccc2)c(NCCCCl)c(N)c1C. The summed E-state index contributed by atoms with van der Waals surface area (Å²) >= 11 is 5.72. The van der Waals surface area contributed by atoms with Gasteiger partial charge in [-0.05, 0) is 38.0 Å². The summed E-state index contributed by atoms with van der Waals surface area (Å²) in [4.78, 5) is 4.51. The Labute approximate surface area is 130 Å². The summed E-state index contributed by atoms with van der Waals surface area (Å²) in [5.41, 5.74) is 9.43. The van der Waals surface area contributed by atoms with Gasteiger partial charge in [-0.15, -0.1) is 11.6 Å². The summed E-state index contributed by atoms with van der Waals surface area (Å²) in [6, 6.07) is 9.54. The highest BCUT2D eigenvalue weighted by Crippen LogP contribution is 2.35. The monoisotopic (exact) mass is 305 g/mol. The molecule has 0 bridgehead atoms. The number of hydrogen-bond donors (Lipinski definition) is 2. The van der Waals surface area contributed by atoms with Gasteiger partial charge in [0.1, 0.15) is 11.4 Å². The minimum Gasteiger partial charge on any atom is -0.437 e. The Balaban J connectivity index is 2.33. The van der Waals surface area contributed by atoms with Gasteiger partial charge in [0.05, 0.1) is 5.69 Å². The Morgan fingerprint density at radius 1 is 1.24 bits per heavy atom. The van der Waals surface area contributed by atoms with Crippen LogP contribution in [0.25, 0.3) is 0 Å². The van der Waals surface area contributed by atoms with Crippen LogP contribution in [0.4, 0.5) is 11.4 Å². The highest BCUT2D eigenvalue weighted by atomic mass is 35.5. The van der Waals surface area contributed by atoms with Crippen molar-refractivity contribution in [3.8, 4) is 11.6 Å². The first-order valence-electron chi connectivity index (χ1n) is 6.93. The molecule has 5 heteroatoms. The minimum absolute atomic E-state index is 0.497. The lowest BCUT2D eigenvalue weighted by atomic mass is 10.1. The van der Waals surface area contributed by atoms with Gasteiger partial charge in [-0.1, -0.05) is 18.2 Å². The van der Waals surface area contributed by atoms with Crippen molar-refractivity contribution < 1.29 is 4.74 Å². The molecule has 0 aliphatic carbocycles. The molecule has 0 saturated heterocycles. The molecule has 0 amide bonds. The van der Waals surface area contributed by atoms with E-state index in [4.69, 9.17) is 22.1 Å². The smallest absolute Gasteiger partial charge is 0.245 e. The zero-order chi connectivity index (χ0) is 15.2. The Kier molecular flexibility index (Phi) is 5.28. The van der Waals surface area contributed by atoms with E-state index in [0.29, 0.717) is 17.4 Å². The lowest BCUT2D eigenvalue weighted by Crippen LogP contribution is -2.09. The van der Waals surface area contributed by atoms with Crippen LogP contribution < -0.4 is 15.8 Å². The maximum Gasteiger partial charge on any atom is 0.245 e. The van der Waals surface area contributed by atoms with E-state index in [9.17, 15) is 0 Å². The number of halogens is 1. The summed E-state index contributed by atoms with van der Waals surface area (Å²) in [7, 11) is 0. The minimum atomic E-state index is 0.497. The third-order valence-corrected chi connectivity index (χ3v) is 3.54. The van der Waals surface area contributed by atoms with Gasteiger partial charge in [-0.2, -0.15) is 0 Å². The van der Waals surface area contributed by atoms with Crippen LogP contribution in [0.15, 0.2) is 30.3 Å². The molecular formula is C16H20ClN3O. The lowest BCUT2D eigenvalue weighted by molar-refractivity contribution is 0.463. The molecule has 3 N–H and O–H groups in total. The number of nitrogen functional groups attached to an aromatic ring is 1. The molecule has 0 atom stereocenters. The number of aromatic nitrogens is 1. The lowest BCUT2D eigenvalue weighted by Gasteiger charge is -2.17. The number of alkyl halides is 1. The van der Waals surface area contributed by atoms with Gasteiger partial charge in [-0.25, -0.2) is 4.98 Å². The van der Waals surface area contributed by atoms with E-state index >= 15 is 0 Å². The van der Waals surface area contributed by atoms with E-state index in [1.165, 1.54) is 0 Å². The predicted molar refractivity (Wildman–Crippen MR) is 88.5 cm³/mol. The number of hydrogen-bond acceptors (Lipinski definition) is 4. The molecule has 112 valence electrons. The van der Waals surface area contributed by atoms with Crippen molar-refractivity contribution in [2.45, 2.75) is 20.3 Å². The molecule has 0 radical (unpaired) electrons. The van der Waals surface area contributed by atoms with Gasteiger partial charge in [-0.3, -0.25) is 0 Å². The fraction of sp³-hybridized carbons (Fsp3) is 0.312. The second kappa shape index (κ2) is 7.18. The summed E-state index contributed by atoms with van der Waals surface area (Å²) in [6.07, 6.45) is 0.846. The first-order chi connectivity index (χ1) is 10.1. The number of nitrogens with zero attached hydrogens (tertiary/aromatic N) is 1. The van der Waals surface area contributed by atoms with Crippen molar-refractivity contribution in [2.24, 2.45) is 0 Å². The van der Waals surface area contributed by atoms with Crippen molar-refractivity contribution in [2.75, 3.05) is 23.5 Å². The average Bonchev–Trinajstić information content (AvgIpc) is 2.49. The number of benzene rings is 1. The Bertz CT molecular complexity index is 602. The number of ether oxygens (including phenoxy) is 1. The topological polar surface area (TPSA) is 60.2 Å². The molecule has 4 nitrogen and oxygen atoms in total. The maximum atomic E-state index is 6.20. The molecule has 0 fully saturated rings. The fourth-order valence-electron chi connectivity index (χ4n) is 1.91. The zero-order valence-electron chi connectivity index (χ0n) is 12.3. The third-order valence-electron chi connectivity index (χ3n) is 3.27. The van der Waals surface area contributed by atoms with Crippen molar-refractivity contribution in [1.82, 2.24) is 4.98 Å². The van der Waals surface area contributed by atoms with Crippen LogP contribution in [0.2, 0.25) is 0 Å². The van der Waals surface area contributed by atoms with Crippen molar-refractivity contribution in [3.63, 3.8) is 0 Å². The Hall–Kier alpha value is -1.94. The molecule has 1 heterocycles. The summed E-state index contributed by atoms with van der Waals surface area (Å²) in [6.45, 7) is 4.60. The first-order valence-corrected chi connectivity index (χ1v) is 7.46. The second-order valence-corrected chi connectivity index (χ2v) is 5.18. The van der Waals surface area contributed by atoms with Crippen LogP contribution in [0.1, 0.15) is 17.7 Å². The van der Waals surface area contributed by atoms with Crippen LogP contribution >= 0.6 is 11.6 Å². The molecule has 1 aromatic heterocycles. The Morgan fingerprint density at radius 3 is 2.62 bits per heavy atom.